The third-order valence-electron chi connectivity index (χ3n) is 5.22. The number of benzene rings is 1. The highest BCUT2D eigenvalue weighted by atomic mass is 16.5. The van der Waals surface area contributed by atoms with E-state index in [-0.39, 0.29) is 0 Å². The molecule has 1 fully saturated rings. The zero-order valence-electron chi connectivity index (χ0n) is 16.5. The van der Waals surface area contributed by atoms with Crippen molar-refractivity contribution in [1.29, 1.82) is 5.26 Å². The van der Waals surface area contributed by atoms with Crippen LogP contribution in [-0.2, 0) is 6.42 Å². The molecule has 0 bridgehead atoms. The molecule has 0 atom stereocenters. The number of ether oxygens (including phenoxy) is 1. The van der Waals surface area contributed by atoms with Crippen LogP contribution >= 0.6 is 0 Å². The molecule has 0 aliphatic carbocycles. The van der Waals surface area contributed by atoms with Crippen molar-refractivity contribution in [3.63, 3.8) is 0 Å². The van der Waals surface area contributed by atoms with Gasteiger partial charge >= 0.3 is 0 Å². The maximum Gasteiger partial charge on any atom is 0.208 e. The highest BCUT2D eigenvalue weighted by Gasteiger charge is 2.18. The van der Waals surface area contributed by atoms with E-state index in [9.17, 15) is 5.26 Å². The van der Waals surface area contributed by atoms with Gasteiger partial charge in [-0.25, -0.2) is 4.98 Å². The molecule has 3 heterocycles. The van der Waals surface area contributed by atoms with Crippen molar-refractivity contribution >= 4 is 16.8 Å². The van der Waals surface area contributed by atoms with Crippen LogP contribution in [0.3, 0.4) is 0 Å². The Morgan fingerprint density at radius 1 is 1.31 bits per heavy atom. The van der Waals surface area contributed by atoms with Gasteiger partial charge in [-0.15, -0.1) is 0 Å². The normalized spacial score (nSPS) is 15.6. The van der Waals surface area contributed by atoms with Crippen molar-refractivity contribution in [3.05, 3.63) is 66.3 Å². The third kappa shape index (κ3) is 4.58. The fraction of sp³-hybridized carbons (Fsp3) is 0.304. The Labute approximate surface area is 170 Å². The van der Waals surface area contributed by atoms with E-state index in [4.69, 9.17) is 9.15 Å². The van der Waals surface area contributed by atoms with Crippen molar-refractivity contribution in [2.75, 3.05) is 25.5 Å². The molecule has 0 saturated carbocycles. The Hall–Kier alpha value is -3.30. The molecular formula is C23H24N4O2. The summed E-state index contributed by atoms with van der Waals surface area (Å²) in [4.78, 5) is 6.81. The van der Waals surface area contributed by atoms with Crippen LogP contribution in [0.5, 0.6) is 5.75 Å². The molecule has 6 nitrogen and oxygen atoms in total. The lowest BCUT2D eigenvalue weighted by Crippen LogP contribution is -2.36. The first kappa shape index (κ1) is 19.0. The number of anilines is 1. The van der Waals surface area contributed by atoms with E-state index in [0.717, 1.165) is 48.4 Å². The summed E-state index contributed by atoms with van der Waals surface area (Å²) < 4.78 is 11.3. The molecule has 0 amide bonds. The Balaban J connectivity index is 1.50. The van der Waals surface area contributed by atoms with Crippen molar-refractivity contribution in [2.45, 2.75) is 25.3 Å². The minimum Gasteiger partial charge on any atom is -0.465 e. The SMILES string of the molecule is CN1CCC(Nc2cc3c(C/C=C\Oc4ccccc4)c(C#N)oc3cn2)CC1. The number of fused-ring (bicyclic) bond motifs is 1. The molecule has 148 valence electrons. The monoisotopic (exact) mass is 388 g/mol. The van der Waals surface area contributed by atoms with Crippen LogP contribution < -0.4 is 10.1 Å². The third-order valence-corrected chi connectivity index (χ3v) is 5.22. The Morgan fingerprint density at radius 2 is 2.10 bits per heavy atom. The van der Waals surface area contributed by atoms with Gasteiger partial charge in [-0.1, -0.05) is 18.2 Å². The zero-order valence-corrected chi connectivity index (χ0v) is 16.5. The van der Waals surface area contributed by atoms with Gasteiger partial charge in [-0.05, 0) is 63.7 Å². The van der Waals surface area contributed by atoms with Gasteiger partial charge in [0, 0.05) is 17.0 Å². The number of piperidine rings is 1. The number of para-hydroxylation sites is 1. The predicted octanol–water partition coefficient (Wildman–Crippen LogP) is 4.34. The standard InChI is InChI=1S/C23H24N4O2/c1-27-11-9-17(10-12-27)26-23-14-20-19(21(15-24)29-22(20)16-25-23)8-5-13-28-18-6-3-2-4-7-18/h2-7,13-14,16-17H,8-12H2,1H3,(H,25,26)/b13-5-. The van der Waals surface area contributed by atoms with E-state index in [1.165, 1.54) is 0 Å². The number of allylic oxidation sites excluding steroid dienone is 1. The zero-order chi connectivity index (χ0) is 20.1. The molecule has 1 saturated heterocycles. The van der Waals surface area contributed by atoms with Gasteiger partial charge in [0.2, 0.25) is 5.76 Å². The predicted molar refractivity (Wildman–Crippen MR) is 113 cm³/mol. The van der Waals surface area contributed by atoms with Crippen molar-refractivity contribution in [1.82, 2.24) is 9.88 Å². The average molecular weight is 388 g/mol. The van der Waals surface area contributed by atoms with Crippen LogP contribution in [0, 0.1) is 11.3 Å². The second kappa shape index (κ2) is 8.80. The van der Waals surface area contributed by atoms with Crippen LogP contribution in [-0.4, -0.2) is 36.1 Å². The highest BCUT2D eigenvalue weighted by molar-refractivity contribution is 5.85. The highest BCUT2D eigenvalue weighted by Crippen LogP contribution is 2.28. The first-order valence-electron chi connectivity index (χ1n) is 9.86. The van der Waals surface area contributed by atoms with Crippen molar-refractivity contribution in [3.8, 4) is 11.8 Å². The second-order valence-electron chi connectivity index (χ2n) is 7.32. The second-order valence-corrected chi connectivity index (χ2v) is 7.32. The lowest BCUT2D eigenvalue weighted by molar-refractivity contribution is 0.263. The van der Waals surface area contributed by atoms with Crippen LogP contribution in [0.25, 0.3) is 11.0 Å². The number of likely N-dealkylation sites (tertiary alicyclic amines) is 1. The molecule has 3 aromatic rings. The molecule has 1 N–H and O–H groups in total. The molecule has 0 radical (unpaired) electrons. The molecule has 29 heavy (non-hydrogen) atoms. The number of rotatable bonds is 6. The Bertz CT molecular complexity index is 1030. The fourth-order valence-electron chi connectivity index (χ4n) is 3.58. The summed E-state index contributed by atoms with van der Waals surface area (Å²) in [7, 11) is 2.15. The molecular weight excluding hydrogens is 364 g/mol. The summed E-state index contributed by atoms with van der Waals surface area (Å²) in [5.41, 5.74) is 1.48. The van der Waals surface area contributed by atoms with Crippen molar-refractivity contribution in [2.24, 2.45) is 0 Å². The van der Waals surface area contributed by atoms with Gasteiger partial charge in [0.05, 0.1) is 12.5 Å². The van der Waals surface area contributed by atoms with Gasteiger partial charge in [0.25, 0.3) is 0 Å². The first-order valence-corrected chi connectivity index (χ1v) is 9.86. The van der Waals surface area contributed by atoms with Crippen LogP contribution in [0.2, 0.25) is 0 Å². The average Bonchev–Trinajstić information content (AvgIpc) is 3.10. The number of pyridine rings is 1. The van der Waals surface area contributed by atoms with E-state index in [2.05, 4.69) is 28.3 Å². The molecule has 1 aliphatic rings. The number of furan rings is 1. The summed E-state index contributed by atoms with van der Waals surface area (Å²) in [6.45, 7) is 2.17. The number of aromatic nitrogens is 1. The van der Waals surface area contributed by atoms with Gasteiger partial charge in [0.1, 0.15) is 17.6 Å². The Morgan fingerprint density at radius 3 is 2.86 bits per heavy atom. The van der Waals surface area contributed by atoms with Crippen LogP contribution in [0.1, 0.15) is 24.2 Å². The molecule has 0 unspecified atom stereocenters. The van der Waals surface area contributed by atoms with E-state index >= 15 is 0 Å². The molecule has 2 aromatic heterocycles. The van der Waals surface area contributed by atoms with Gasteiger partial charge in [-0.2, -0.15) is 5.26 Å². The van der Waals surface area contributed by atoms with E-state index in [1.807, 2.05) is 42.5 Å². The number of hydrogen-bond acceptors (Lipinski definition) is 6. The minimum absolute atomic E-state index is 0.322. The first-order chi connectivity index (χ1) is 14.2. The number of nitrogens with one attached hydrogen (secondary N) is 1. The maximum atomic E-state index is 9.47. The lowest BCUT2D eigenvalue weighted by atomic mass is 10.1. The van der Waals surface area contributed by atoms with Crippen LogP contribution in [0.15, 0.2) is 59.4 Å². The number of nitrogens with zero attached hydrogens (tertiary/aromatic N) is 3. The van der Waals surface area contributed by atoms with E-state index < -0.39 is 0 Å². The van der Waals surface area contributed by atoms with Crippen molar-refractivity contribution < 1.29 is 9.15 Å². The quantitative estimate of drug-likeness (QED) is 0.633. The molecule has 1 aromatic carbocycles. The summed E-state index contributed by atoms with van der Waals surface area (Å²) in [5, 5.41) is 13.9. The van der Waals surface area contributed by atoms with Crippen LogP contribution in [0.4, 0.5) is 5.82 Å². The lowest BCUT2D eigenvalue weighted by Gasteiger charge is -2.29. The van der Waals surface area contributed by atoms with Gasteiger partial charge in [0.15, 0.2) is 5.58 Å². The smallest absolute Gasteiger partial charge is 0.208 e. The minimum atomic E-state index is 0.322. The summed E-state index contributed by atoms with van der Waals surface area (Å²) >= 11 is 0. The summed E-state index contributed by atoms with van der Waals surface area (Å²) in [6.07, 6.45) is 7.97. The summed E-state index contributed by atoms with van der Waals surface area (Å²) in [6, 6.07) is 14.1. The van der Waals surface area contributed by atoms with Gasteiger partial charge < -0.3 is 19.4 Å². The summed E-state index contributed by atoms with van der Waals surface area (Å²) in [5.74, 6) is 1.92. The molecule has 1 aliphatic heterocycles. The Kier molecular flexibility index (Phi) is 5.78. The molecule has 4 rings (SSSR count). The fourth-order valence-corrected chi connectivity index (χ4v) is 3.58. The topological polar surface area (TPSA) is 74.3 Å². The molecule has 6 heteroatoms. The van der Waals surface area contributed by atoms with E-state index in [0.29, 0.717) is 23.8 Å². The van der Waals surface area contributed by atoms with Gasteiger partial charge in [-0.3, -0.25) is 0 Å². The largest absolute Gasteiger partial charge is 0.465 e. The maximum absolute atomic E-state index is 9.47. The molecule has 0 spiro atoms. The number of hydrogen-bond donors (Lipinski definition) is 1. The van der Waals surface area contributed by atoms with E-state index in [1.54, 1.807) is 12.5 Å². The number of nitriles is 1.